The van der Waals surface area contributed by atoms with Gasteiger partial charge in [0.05, 0.1) is 55.5 Å². The van der Waals surface area contributed by atoms with Gasteiger partial charge in [0.1, 0.15) is 33.5 Å². The molecule has 0 fully saturated rings. The van der Waals surface area contributed by atoms with Crippen LogP contribution >= 0.6 is 0 Å². The van der Waals surface area contributed by atoms with Crippen molar-refractivity contribution in [2.24, 2.45) is 0 Å². The van der Waals surface area contributed by atoms with Crippen molar-refractivity contribution >= 4 is 153 Å². The first-order chi connectivity index (χ1) is 67.1. The number of rotatable bonds is 11. The van der Waals surface area contributed by atoms with Crippen LogP contribution in [0.5, 0.6) is 0 Å². The highest BCUT2D eigenvalue weighted by Gasteiger charge is 2.37. The summed E-state index contributed by atoms with van der Waals surface area (Å²) in [6, 6.07) is 153. The van der Waals surface area contributed by atoms with E-state index in [1.54, 1.807) is 0 Å². The third-order valence-corrected chi connectivity index (χ3v) is 28.1. The Morgan fingerprint density at radius 3 is 1.07 bits per heavy atom. The SMILES string of the molecule is CC1(C)c2ccccc2-c2cc3c4ccc(-c5ccc6oc7cc8c(cc7c6c5)c5ccccc5n8-c5cccc(-c6nc(-c7ccccc7)nc(-c7ccccc7)n6)c5)cc4n(-c4ccccc4)c3cc21.c1ccc(-c2cc(-c3ccccc3)nc(-n3c4cc(-c5ccc6oc7cc8c(cc7c6c5)c5ccccc5n8-c5ccccc5)ccc4c4cc5c(cc43)oc3ccccc35)n2)cc1. The van der Waals surface area contributed by atoms with Gasteiger partial charge in [-0.15, -0.1) is 0 Å². The summed E-state index contributed by atoms with van der Waals surface area (Å²) in [5.41, 5.74) is 33.4. The van der Waals surface area contributed by atoms with Crippen molar-refractivity contribution in [3.63, 3.8) is 0 Å². The molecule has 9 heterocycles. The van der Waals surface area contributed by atoms with Crippen molar-refractivity contribution in [1.82, 2.24) is 43.2 Å². The fourth-order valence-corrected chi connectivity index (χ4v) is 21.6. The number of fused-ring (bicyclic) bond motifs is 24. The number of hydrogen-bond donors (Lipinski definition) is 0. The standard InChI is InChI=1S/C66H43N5O.C58H34N4O2/c1-66(2)55-27-14-12-25-47(55)50-36-51-49-31-29-43(35-58(49)70(59(51)38-56(50)66)45-22-10-5-11-23-45)42-30-32-61-53(34-42)54-37-52-48-26-13-15-28-57(48)71(60(52)39-62(54)72-61)46-24-16-21-44(33-46)65-68-63(40-17-6-3-7-18-40)67-64(69-65)41-19-8-4-9-20-41;1-4-14-35(15-5-1)48-32-49(36-16-6-2-7-17-36)60-58(59-48)62-51-29-38(24-26-41(51)44-30-46-42-21-11-13-23-54(42)63-56(46)34-53(44)62)37-25-27-55-45(28-37)47-31-43-40-20-10-12-22-50(40)61(39-18-8-3-9-19-39)52(43)33-57(47)64-55/h3-39H,1-2H3;1-34H. The van der Waals surface area contributed by atoms with Gasteiger partial charge >= 0.3 is 0 Å². The zero-order valence-electron chi connectivity index (χ0n) is 73.7. The van der Waals surface area contributed by atoms with Crippen LogP contribution in [-0.2, 0) is 5.41 Å². The Balaban J connectivity index is 0.000000136. The molecule has 19 aromatic carbocycles. The summed E-state index contributed by atoms with van der Waals surface area (Å²) < 4.78 is 29.2. The van der Waals surface area contributed by atoms with E-state index < -0.39 is 0 Å². The second-order valence-corrected chi connectivity index (χ2v) is 36.2. The first-order valence-corrected chi connectivity index (χ1v) is 46.1. The van der Waals surface area contributed by atoms with Gasteiger partial charge in [-0.1, -0.05) is 299 Å². The number of hydrogen-bond acceptors (Lipinski definition) is 8. The lowest BCUT2D eigenvalue weighted by molar-refractivity contribution is 0.661. The third-order valence-electron chi connectivity index (χ3n) is 28.1. The van der Waals surface area contributed by atoms with Crippen LogP contribution in [0, 0.1) is 0 Å². The maximum atomic E-state index is 6.76. The van der Waals surface area contributed by atoms with E-state index in [0.717, 1.165) is 188 Å². The molecule has 29 rings (SSSR count). The molecular formula is C124H77N9O3. The average Bonchev–Trinajstić information content (AvgIpc) is 1.59. The Bertz CT molecular complexity index is 9720. The van der Waals surface area contributed by atoms with Crippen molar-refractivity contribution in [3.8, 4) is 113 Å². The van der Waals surface area contributed by atoms with Crippen LogP contribution in [0.15, 0.2) is 444 Å². The second kappa shape index (κ2) is 30.0. The second-order valence-electron chi connectivity index (χ2n) is 36.2. The molecule has 0 saturated heterocycles. The molecule has 0 spiro atoms. The highest BCUT2D eigenvalue weighted by molar-refractivity contribution is 6.22. The molecular weight excluding hydrogens is 1660 g/mol. The van der Waals surface area contributed by atoms with Crippen LogP contribution in [0.1, 0.15) is 25.0 Å². The summed E-state index contributed by atoms with van der Waals surface area (Å²) in [4.78, 5) is 25.7. The van der Waals surface area contributed by atoms with Gasteiger partial charge in [-0.25, -0.2) is 24.9 Å². The van der Waals surface area contributed by atoms with Crippen LogP contribution < -0.4 is 0 Å². The van der Waals surface area contributed by atoms with E-state index in [0.29, 0.717) is 23.4 Å². The summed E-state index contributed by atoms with van der Waals surface area (Å²) in [5, 5.41) is 15.9. The molecule has 0 amide bonds. The minimum Gasteiger partial charge on any atom is -0.456 e. The minimum absolute atomic E-state index is 0.102. The Morgan fingerprint density at radius 1 is 0.184 bits per heavy atom. The molecule has 28 aromatic rings. The molecule has 0 saturated carbocycles. The molecule has 136 heavy (non-hydrogen) atoms. The van der Waals surface area contributed by atoms with Gasteiger partial charge in [0.2, 0.25) is 5.95 Å². The highest BCUT2D eigenvalue weighted by atomic mass is 16.3. The van der Waals surface area contributed by atoms with E-state index >= 15 is 0 Å². The third kappa shape index (κ3) is 12.1. The van der Waals surface area contributed by atoms with Crippen molar-refractivity contribution < 1.29 is 13.3 Å². The fraction of sp³-hybridized carbons (Fsp3) is 0.0242. The molecule has 1 aliphatic carbocycles. The van der Waals surface area contributed by atoms with Crippen molar-refractivity contribution in [2.45, 2.75) is 19.3 Å². The molecule has 0 bridgehead atoms. The molecule has 12 nitrogen and oxygen atoms in total. The quantitative estimate of drug-likeness (QED) is 0.125. The predicted octanol–water partition coefficient (Wildman–Crippen LogP) is 32.4. The molecule has 12 heteroatoms. The maximum absolute atomic E-state index is 6.76. The number of benzene rings is 19. The summed E-state index contributed by atoms with van der Waals surface area (Å²) in [6.07, 6.45) is 0. The predicted molar refractivity (Wildman–Crippen MR) is 557 cm³/mol. The molecule has 0 aliphatic heterocycles. The summed E-state index contributed by atoms with van der Waals surface area (Å²) >= 11 is 0. The van der Waals surface area contributed by atoms with E-state index in [2.05, 4.69) is 378 Å². The van der Waals surface area contributed by atoms with Crippen molar-refractivity contribution in [1.29, 1.82) is 0 Å². The maximum Gasteiger partial charge on any atom is 0.235 e. The van der Waals surface area contributed by atoms with E-state index in [-0.39, 0.29) is 5.41 Å². The lowest BCUT2D eigenvalue weighted by atomic mass is 9.82. The Morgan fingerprint density at radius 2 is 0.537 bits per heavy atom. The zero-order chi connectivity index (χ0) is 89.5. The summed E-state index contributed by atoms with van der Waals surface area (Å²) in [6.45, 7) is 4.72. The van der Waals surface area contributed by atoms with Gasteiger partial charge in [0.25, 0.3) is 0 Å². The van der Waals surface area contributed by atoms with Gasteiger partial charge in [0.15, 0.2) is 17.5 Å². The normalized spacial score (nSPS) is 12.5. The molecule has 0 N–H and O–H groups in total. The van der Waals surface area contributed by atoms with E-state index in [9.17, 15) is 0 Å². The Hall–Kier alpha value is -18.1. The van der Waals surface area contributed by atoms with Gasteiger partial charge in [-0.05, 0) is 172 Å². The molecule has 9 aromatic heterocycles. The lowest BCUT2D eigenvalue weighted by Gasteiger charge is -2.21. The van der Waals surface area contributed by atoms with Crippen LogP contribution in [-0.4, -0.2) is 43.2 Å². The number of aromatic nitrogens is 9. The minimum atomic E-state index is -0.102. The summed E-state index contributed by atoms with van der Waals surface area (Å²) in [5.74, 6) is 2.46. The monoisotopic (exact) mass is 1740 g/mol. The van der Waals surface area contributed by atoms with Crippen LogP contribution in [0.2, 0.25) is 0 Å². The Kier molecular flexibility index (Phi) is 16.9. The Labute approximate surface area is 778 Å². The molecule has 0 atom stereocenters. The highest BCUT2D eigenvalue weighted by Crippen LogP contribution is 2.53. The smallest absolute Gasteiger partial charge is 0.235 e. The van der Waals surface area contributed by atoms with E-state index in [4.69, 9.17) is 38.2 Å². The molecule has 1 aliphatic rings. The number of nitrogens with zero attached hydrogens (tertiary/aromatic N) is 9. The van der Waals surface area contributed by atoms with Crippen LogP contribution in [0.3, 0.4) is 0 Å². The molecule has 636 valence electrons. The van der Waals surface area contributed by atoms with Gasteiger partial charge in [-0.2, -0.15) is 0 Å². The van der Waals surface area contributed by atoms with Gasteiger partial charge in [0, 0.05) is 144 Å². The van der Waals surface area contributed by atoms with Crippen molar-refractivity contribution in [2.75, 3.05) is 0 Å². The molecule has 0 radical (unpaired) electrons. The number of furan rings is 3. The van der Waals surface area contributed by atoms with Gasteiger partial charge in [-0.3, -0.25) is 4.57 Å². The van der Waals surface area contributed by atoms with Crippen molar-refractivity contribution in [3.05, 3.63) is 442 Å². The largest absolute Gasteiger partial charge is 0.456 e. The topological polar surface area (TPSA) is 124 Å². The van der Waals surface area contributed by atoms with E-state index in [1.165, 1.54) is 65.7 Å². The van der Waals surface area contributed by atoms with E-state index in [1.807, 2.05) is 84.9 Å². The van der Waals surface area contributed by atoms with Gasteiger partial charge < -0.3 is 27.0 Å². The molecule has 0 unspecified atom stereocenters. The summed E-state index contributed by atoms with van der Waals surface area (Å²) in [7, 11) is 0. The first-order valence-electron chi connectivity index (χ1n) is 46.1. The van der Waals surface area contributed by atoms with Crippen LogP contribution in [0.25, 0.3) is 266 Å². The fourth-order valence-electron chi connectivity index (χ4n) is 21.6. The zero-order valence-corrected chi connectivity index (χ0v) is 73.7. The average molecular weight is 1740 g/mol. The van der Waals surface area contributed by atoms with Crippen LogP contribution in [0.4, 0.5) is 0 Å². The number of para-hydroxylation sites is 5. The first kappa shape index (κ1) is 76.7. The lowest BCUT2D eigenvalue weighted by Crippen LogP contribution is -2.14.